The minimum atomic E-state index is -0.600. The van der Waals surface area contributed by atoms with Gasteiger partial charge in [-0.25, -0.2) is 0 Å². The first kappa shape index (κ1) is 13.5. The van der Waals surface area contributed by atoms with Crippen LogP contribution in [0, 0.1) is 0 Å². The second kappa shape index (κ2) is 6.31. The number of nitrogens with one attached hydrogen (secondary N) is 1. The van der Waals surface area contributed by atoms with Crippen LogP contribution in [0.1, 0.15) is 10.4 Å². The maximum atomic E-state index is 11.8. The molecule has 0 fully saturated rings. The summed E-state index contributed by atoms with van der Waals surface area (Å²) < 4.78 is 0. The molecule has 0 saturated heterocycles. The third kappa shape index (κ3) is 4.04. The largest absolute Gasteiger partial charge is 0.508 e. The number of hydrogen-bond acceptors (Lipinski definition) is 5. The number of carbonyl (C=O) groups is 1. The van der Waals surface area contributed by atoms with Crippen molar-refractivity contribution >= 4 is 17.2 Å². The van der Waals surface area contributed by atoms with Crippen molar-refractivity contribution in [2.24, 2.45) is 5.73 Å². The van der Waals surface area contributed by atoms with Gasteiger partial charge in [-0.1, -0.05) is 12.1 Å². The van der Waals surface area contributed by atoms with E-state index in [0.717, 1.165) is 10.4 Å². The molecule has 2 aromatic rings. The Labute approximate surface area is 115 Å². The Morgan fingerprint density at radius 1 is 1.42 bits per heavy atom. The zero-order valence-corrected chi connectivity index (χ0v) is 11.1. The molecule has 1 amide bonds. The maximum Gasteiger partial charge on any atom is 0.237 e. The first-order chi connectivity index (χ1) is 9.15. The highest BCUT2D eigenvalue weighted by Gasteiger charge is 2.13. The minimum Gasteiger partial charge on any atom is -0.508 e. The van der Waals surface area contributed by atoms with Crippen LogP contribution in [0.2, 0.25) is 0 Å². The third-order valence-electron chi connectivity index (χ3n) is 2.65. The number of phenols is 1. The first-order valence-electron chi connectivity index (χ1n) is 5.83. The van der Waals surface area contributed by atoms with Crippen LogP contribution >= 0.6 is 11.3 Å². The van der Waals surface area contributed by atoms with Crippen LogP contribution < -0.4 is 11.1 Å². The van der Waals surface area contributed by atoms with Crippen molar-refractivity contribution in [2.75, 3.05) is 0 Å². The summed E-state index contributed by atoms with van der Waals surface area (Å²) in [5.74, 6) is 0.00782. The van der Waals surface area contributed by atoms with Gasteiger partial charge in [0, 0.05) is 11.1 Å². The first-order valence-corrected chi connectivity index (χ1v) is 6.71. The summed E-state index contributed by atoms with van der Waals surface area (Å²) in [7, 11) is 0. The van der Waals surface area contributed by atoms with Gasteiger partial charge in [-0.15, -0.1) is 11.3 Å². The van der Waals surface area contributed by atoms with E-state index >= 15 is 0 Å². The second-order valence-electron chi connectivity index (χ2n) is 4.16. The number of phenolic OH excluding ortho intramolecular Hbond substituents is 1. The zero-order chi connectivity index (χ0) is 13.7. The monoisotopic (exact) mass is 277 g/mol. The van der Waals surface area contributed by atoms with Gasteiger partial charge in [-0.3, -0.25) is 9.78 Å². The fourth-order valence-electron chi connectivity index (χ4n) is 1.61. The molecule has 1 heterocycles. The predicted octanol–water partition coefficient (Wildman–Crippen LogP) is 1.03. The summed E-state index contributed by atoms with van der Waals surface area (Å²) in [5, 5.41) is 11.9. The van der Waals surface area contributed by atoms with E-state index in [1.54, 1.807) is 36.0 Å². The third-order valence-corrected chi connectivity index (χ3v) is 3.43. The molecule has 2 rings (SSSR count). The van der Waals surface area contributed by atoms with Gasteiger partial charge in [0.1, 0.15) is 5.75 Å². The van der Waals surface area contributed by atoms with Crippen molar-refractivity contribution in [3.63, 3.8) is 0 Å². The number of rotatable bonds is 5. The van der Waals surface area contributed by atoms with Crippen molar-refractivity contribution in [3.05, 3.63) is 46.4 Å². The normalized spacial score (nSPS) is 12.1. The Morgan fingerprint density at radius 2 is 2.16 bits per heavy atom. The van der Waals surface area contributed by atoms with Gasteiger partial charge in [0.05, 0.1) is 18.1 Å². The van der Waals surface area contributed by atoms with Gasteiger partial charge in [0.2, 0.25) is 5.91 Å². The number of benzene rings is 1. The molecule has 0 aliphatic heterocycles. The average molecular weight is 277 g/mol. The summed E-state index contributed by atoms with van der Waals surface area (Å²) in [4.78, 5) is 16.7. The Hall–Kier alpha value is -1.92. The Morgan fingerprint density at radius 3 is 2.79 bits per heavy atom. The van der Waals surface area contributed by atoms with Gasteiger partial charge >= 0.3 is 0 Å². The summed E-state index contributed by atoms with van der Waals surface area (Å²) >= 11 is 1.49. The Balaban J connectivity index is 1.83. The summed E-state index contributed by atoms with van der Waals surface area (Å²) in [6.07, 6.45) is 2.16. The predicted molar refractivity (Wildman–Crippen MR) is 73.7 cm³/mol. The summed E-state index contributed by atoms with van der Waals surface area (Å²) in [6, 6.07) is 6.07. The van der Waals surface area contributed by atoms with Crippen LogP contribution in [0.4, 0.5) is 0 Å². The van der Waals surface area contributed by atoms with Crippen molar-refractivity contribution in [1.82, 2.24) is 10.3 Å². The quantitative estimate of drug-likeness (QED) is 0.762. The number of amides is 1. The van der Waals surface area contributed by atoms with Crippen LogP contribution in [0.3, 0.4) is 0 Å². The van der Waals surface area contributed by atoms with E-state index in [1.165, 1.54) is 11.3 Å². The second-order valence-corrected chi connectivity index (χ2v) is 5.13. The van der Waals surface area contributed by atoms with Gasteiger partial charge in [0.25, 0.3) is 0 Å². The van der Waals surface area contributed by atoms with E-state index in [0.29, 0.717) is 13.0 Å². The molecule has 19 heavy (non-hydrogen) atoms. The average Bonchev–Trinajstić information content (AvgIpc) is 2.91. The van der Waals surface area contributed by atoms with Crippen LogP contribution in [0.25, 0.3) is 0 Å². The zero-order valence-electron chi connectivity index (χ0n) is 10.2. The lowest BCUT2D eigenvalue weighted by Crippen LogP contribution is -2.41. The molecule has 1 atom stereocenters. The molecule has 1 unspecified atom stereocenters. The van der Waals surface area contributed by atoms with Gasteiger partial charge in [-0.2, -0.15) is 0 Å². The van der Waals surface area contributed by atoms with Crippen LogP contribution in [-0.2, 0) is 17.8 Å². The minimum absolute atomic E-state index is 0.193. The van der Waals surface area contributed by atoms with E-state index in [9.17, 15) is 9.90 Å². The molecule has 6 heteroatoms. The van der Waals surface area contributed by atoms with Gasteiger partial charge in [-0.05, 0) is 24.1 Å². The smallest absolute Gasteiger partial charge is 0.237 e. The summed E-state index contributed by atoms with van der Waals surface area (Å²) in [6.45, 7) is 0.451. The molecule has 0 bridgehead atoms. The van der Waals surface area contributed by atoms with Crippen molar-refractivity contribution in [2.45, 2.75) is 19.0 Å². The Bertz CT molecular complexity index is 525. The number of hydrogen-bond donors (Lipinski definition) is 3. The molecular formula is C13H15N3O2S. The van der Waals surface area contributed by atoms with E-state index in [-0.39, 0.29) is 11.7 Å². The fourth-order valence-corrected chi connectivity index (χ4v) is 2.15. The van der Waals surface area contributed by atoms with Crippen molar-refractivity contribution in [1.29, 1.82) is 0 Å². The molecule has 0 aliphatic rings. The highest BCUT2D eigenvalue weighted by Crippen LogP contribution is 2.11. The molecule has 0 aliphatic carbocycles. The summed E-state index contributed by atoms with van der Waals surface area (Å²) in [5.41, 5.74) is 8.48. The van der Waals surface area contributed by atoms with E-state index in [2.05, 4.69) is 10.3 Å². The molecule has 0 saturated carbocycles. The molecule has 0 spiro atoms. The van der Waals surface area contributed by atoms with Crippen LogP contribution in [0.5, 0.6) is 5.75 Å². The van der Waals surface area contributed by atoms with Crippen molar-refractivity contribution in [3.8, 4) is 5.75 Å². The molecule has 100 valence electrons. The van der Waals surface area contributed by atoms with E-state index in [4.69, 9.17) is 5.73 Å². The number of carbonyl (C=O) groups excluding carboxylic acids is 1. The number of nitrogens with zero attached hydrogens (tertiary/aromatic N) is 1. The lowest BCUT2D eigenvalue weighted by Gasteiger charge is -2.11. The molecule has 4 N–H and O–H groups in total. The van der Waals surface area contributed by atoms with Gasteiger partial charge in [0.15, 0.2) is 0 Å². The molecule has 5 nitrogen and oxygen atoms in total. The van der Waals surface area contributed by atoms with E-state index < -0.39 is 6.04 Å². The van der Waals surface area contributed by atoms with Gasteiger partial charge < -0.3 is 16.2 Å². The van der Waals surface area contributed by atoms with Crippen LogP contribution in [-0.4, -0.2) is 22.0 Å². The molecule has 1 aromatic heterocycles. The van der Waals surface area contributed by atoms with E-state index in [1.807, 2.05) is 0 Å². The number of aromatic nitrogens is 1. The maximum absolute atomic E-state index is 11.8. The standard InChI is InChI=1S/C13H15N3O2S/c14-12(5-9-1-3-10(17)4-2-9)13(18)16-7-11-6-15-8-19-11/h1-4,6,8,12,17H,5,7,14H2,(H,16,18). The number of aromatic hydroxyl groups is 1. The topological polar surface area (TPSA) is 88.2 Å². The highest BCUT2D eigenvalue weighted by atomic mass is 32.1. The number of nitrogens with two attached hydrogens (primary N) is 1. The van der Waals surface area contributed by atoms with Crippen LogP contribution in [0.15, 0.2) is 36.0 Å². The lowest BCUT2D eigenvalue weighted by atomic mass is 10.1. The van der Waals surface area contributed by atoms with Crippen molar-refractivity contribution < 1.29 is 9.90 Å². The molecule has 0 radical (unpaired) electrons. The SMILES string of the molecule is NC(Cc1ccc(O)cc1)C(=O)NCc1cncs1. The molecular weight excluding hydrogens is 262 g/mol. The highest BCUT2D eigenvalue weighted by molar-refractivity contribution is 7.09. The number of thiazole rings is 1. The molecule has 1 aromatic carbocycles. The lowest BCUT2D eigenvalue weighted by molar-refractivity contribution is -0.122. The Kier molecular flexibility index (Phi) is 4.48. The fraction of sp³-hybridized carbons (Fsp3) is 0.231.